The third kappa shape index (κ3) is 0.625. The molecule has 3 fully saturated rings. The van der Waals surface area contributed by atoms with Gasteiger partial charge < -0.3 is 4.74 Å². The molecule has 4 atom stereocenters. The van der Waals surface area contributed by atoms with Crippen molar-refractivity contribution >= 4 is 0 Å². The summed E-state index contributed by atoms with van der Waals surface area (Å²) in [5, 5.41) is 0. The molecule has 1 saturated heterocycles. The zero-order valence-corrected chi connectivity index (χ0v) is 9.89. The maximum Gasteiger partial charge on any atom is 0.0767 e. The van der Waals surface area contributed by atoms with Crippen LogP contribution in [0.1, 0.15) is 47.0 Å². The van der Waals surface area contributed by atoms with Crippen molar-refractivity contribution in [3.05, 3.63) is 0 Å². The SMILES string of the molecule is CC(C)[C@@]12C[C@H]3CC[C@@]1(C)[C@@]3(C)CO2. The lowest BCUT2D eigenvalue weighted by atomic mass is 9.63. The molecule has 1 heteroatoms. The molecular formula is C13H22O. The molecule has 0 aromatic rings. The fourth-order valence-corrected chi connectivity index (χ4v) is 4.94. The van der Waals surface area contributed by atoms with Gasteiger partial charge in [-0.25, -0.2) is 0 Å². The van der Waals surface area contributed by atoms with Crippen molar-refractivity contribution in [3.63, 3.8) is 0 Å². The summed E-state index contributed by atoms with van der Waals surface area (Å²) in [6.07, 6.45) is 4.18. The van der Waals surface area contributed by atoms with E-state index in [4.69, 9.17) is 4.74 Å². The van der Waals surface area contributed by atoms with E-state index in [-0.39, 0.29) is 5.60 Å². The first kappa shape index (κ1) is 9.21. The number of hydrogen-bond acceptors (Lipinski definition) is 1. The second kappa shape index (κ2) is 2.21. The van der Waals surface area contributed by atoms with Crippen LogP contribution in [0.15, 0.2) is 0 Å². The highest BCUT2D eigenvalue weighted by Gasteiger charge is 2.76. The standard InChI is InChI=1S/C13H22O/c1-9(2)13-7-10-5-6-12(13,4)11(10,3)8-14-13/h9-10H,5-8H2,1-4H3/t10-,11+,12+,13+/m1/s1. The van der Waals surface area contributed by atoms with Crippen LogP contribution in [0.3, 0.4) is 0 Å². The van der Waals surface area contributed by atoms with Gasteiger partial charge in [0.2, 0.25) is 0 Å². The van der Waals surface area contributed by atoms with Crippen LogP contribution in [0.5, 0.6) is 0 Å². The van der Waals surface area contributed by atoms with Crippen molar-refractivity contribution in [2.45, 2.75) is 52.6 Å². The predicted octanol–water partition coefficient (Wildman–Crippen LogP) is 3.24. The van der Waals surface area contributed by atoms with Gasteiger partial charge in [-0.2, -0.15) is 0 Å². The lowest BCUT2D eigenvalue weighted by Gasteiger charge is -2.44. The molecule has 2 aliphatic carbocycles. The Morgan fingerprint density at radius 3 is 2.43 bits per heavy atom. The maximum absolute atomic E-state index is 6.24. The second-order valence-corrected chi connectivity index (χ2v) is 6.52. The highest BCUT2D eigenvalue weighted by Crippen LogP contribution is 2.76. The van der Waals surface area contributed by atoms with Crippen LogP contribution in [-0.4, -0.2) is 12.2 Å². The van der Waals surface area contributed by atoms with E-state index in [9.17, 15) is 0 Å². The first-order valence-electron chi connectivity index (χ1n) is 6.10. The molecule has 0 aromatic carbocycles. The van der Waals surface area contributed by atoms with Crippen LogP contribution >= 0.6 is 0 Å². The molecule has 14 heavy (non-hydrogen) atoms. The molecular weight excluding hydrogens is 172 g/mol. The van der Waals surface area contributed by atoms with Gasteiger partial charge in [0.15, 0.2) is 0 Å². The Morgan fingerprint density at radius 2 is 2.00 bits per heavy atom. The summed E-state index contributed by atoms with van der Waals surface area (Å²) < 4.78 is 6.24. The predicted molar refractivity (Wildman–Crippen MR) is 57.1 cm³/mol. The summed E-state index contributed by atoms with van der Waals surface area (Å²) in [7, 11) is 0. The Kier molecular flexibility index (Phi) is 1.45. The monoisotopic (exact) mass is 194 g/mol. The Labute approximate surface area is 87.2 Å². The van der Waals surface area contributed by atoms with Crippen LogP contribution < -0.4 is 0 Å². The summed E-state index contributed by atoms with van der Waals surface area (Å²) in [4.78, 5) is 0. The third-order valence-electron chi connectivity index (χ3n) is 6.20. The van der Waals surface area contributed by atoms with Crippen molar-refractivity contribution in [2.75, 3.05) is 6.61 Å². The Balaban J connectivity index is 2.14. The van der Waals surface area contributed by atoms with Gasteiger partial charge in [0.1, 0.15) is 0 Å². The molecule has 0 radical (unpaired) electrons. The smallest absolute Gasteiger partial charge is 0.0767 e. The summed E-state index contributed by atoms with van der Waals surface area (Å²) >= 11 is 0. The zero-order chi connectivity index (χ0) is 10.2. The highest BCUT2D eigenvalue weighted by atomic mass is 16.5. The van der Waals surface area contributed by atoms with E-state index in [1.165, 1.54) is 19.3 Å². The summed E-state index contributed by atoms with van der Waals surface area (Å²) in [6.45, 7) is 10.7. The van der Waals surface area contributed by atoms with Gasteiger partial charge in [0, 0.05) is 10.8 Å². The van der Waals surface area contributed by atoms with Gasteiger partial charge in [0.25, 0.3) is 0 Å². The van der Waals surface area contributed by atoms with Crippen LogP contribution in [0.25, 0.3) is 0 Å². The minimum absolute atomic E-state index is 0.227. The average molecular weight is 194 g/mol. The van der Waals surface area contributed by atoms with E-state index in [1.807, 2.05) is 0 Å². The van der Waals surface area contributed by atoms with Gasteiger partial charge in [-0.05, 0) is 31.1 Å². The van der Waals surface area contributed by atoms with E-state index in [0.717, 1.165) is 12.5 Å². The fraction of sp³-hybridized carbons (Fsp3) is 1.00. The van der Waals surface area contributed by atoms with Crippen molar-refractivity contribution in [1.82, 2.24) is 0 Å². The Bertz CT molecular complexity index is 285. The lowest BCUT2D eigenvalue weighted by Crippen LogP contribution is -2.47. The van der Waals surface area contributed by atoms with Crippen LogP contribution in [0.2, 0.25) is 0 Å². The topological polar surface area (TPSA) is 9.23 Å². The quantitative estimate of drug-likeness (QED) is 0.622. The van der Waals surface area contributed by atoms with Gasteiger partial charge in [-0.3, -0.25) is 0 Å². The van der Waals surface area contributed by atoms with E-state index in [2.05, 4.69) is 27.7 Å². The first-order chi connectivity index (χ1) is 6.46. The third-order valence-corrected chi connectivity index (χ3v) is 6.20. The van der Waals surface area contributed by atoms with Gasteiger partial charge in [-0.15, -0.1) is 0 Å². The van der Waals surface area contributed by atoms with Gasteiger partial charge in [0.05, 0.1) is 12.2 Å². The Morgan fingerprint density at radius 1 is 1.29 bits per heavy atom. The molecule has 4 bridgehead atoms. The van der Waals surface area contributed by atoms with Gasteiger partial charge in [-0.1, -0.05) is 27.7 Å². The first-order valence-corrected chi connectivity index (χ1v) is 6.10. The molecule has 3 rings (SSSR count). The minimum atomic E-state index is 0.227. The maximum atomic E-state index is 6.24. The van der Waals surface area contributed by atoms with E-state index < -0.39 is 0 Å². The molecule has 0 unspecified atom stereocenters. The number of hydrogen-bond donors (Lipinski definition) is 0. The molecule has 0 N–H and O–H groups in total. The molecule has 3 aliphatic rings. The van der Waals surface area contributed by atoms with E-state index in [0.29, 0.717) is 16.7 Å². The molecule has 0 aromatic heterocycles. The van der Waals surface area contributed by atoms with Crippen LogP contribution in [-0.2, 0) is 4.74 Å². The largest absolute Gasteiger partial charge is 0.374 e. The highest BCUT2D eigenvalue weighted by molar-refractivity contribution is 5.24. The van der Waals surface area contributed by atoms with Crippen molar-refractivity contribution in [2.24, 2.45) is 22.7 Å². The van der Waals surface area contributed by atoms with Crippen LogP contribution in [0.4, 0.5) is 0 Å². The van der Waals surface area contributed by atoms with Crippen molar-refractivity contribution in [1.29, 1.82) is 0 Å². The second-order valence-electron chi connectivity index (χ2n) is 6.52. The van der Waals surface area contributed by atoms with Crippen LogP contribution in [0, 0.1) is 22.7 Å². The summed E-state index contributed by atoms with van der Waals surface area (Å²) in [6, 6.07) is 0. The summed E-state index contributed by atoms with van der Waals surface area (Å²) in [5.74, 6) is 1.63. The van der Waals surface area contributed by atoms with E-state index in [1.54, 1.807) is 0 Å². The molecule has 2 saturated carbocycles. The molecule has 0 amide bonds. The minimum Gasteiger partial charge on any atom is -0.374 e. The number of rotatable bonds is 1. The lowest BCUT2D eigenvalue weighted by molar-refractivity contribution is -0.114. The average Bonchev–Trinajstić information content (AvgIpc) is 2.58. The fourth-order valence-electron chi connectivity index (χ4n) is 4.94. The molecule has 1 nitrogen and oxygen atoms in total. The molecule has 80 valence electrons. The normalized spacial score (nSPS) is 60.2. The van der Waals surface area contributed by atoms with Gasteiger partial charge >= 0.3 is 0 Å². The van der Waals surface area contributed by atoms with E-state index >= 15 is 0 Å². The zero-order valence-electron chi connectivity index (χ0n) is 9.89. The Hall–Kier alpha value is -0.0400. The molecule has 1 aliphatic heterocycles. The molecule has 0 spiro atoms. The van der Waals surface area contributed by atoms with Crippen molar-refractivity contribution < 1.29 is 4.74 Å². The summed E-state index contributed by atoms with van der Waals surface area (Å²) in [5.41, 5.74) is 1.20. The molecule has 1 heterocycles. The number of ether oxygens (including phenoxy) is 1. The van der Waals surface area contributed by atoms with Crippen molar-refractivity contribution in [3.8, 4) is 0 Å².